The van der Waals surface area contributed by atoms with Crippen molar-refractivity contribution >= 4 is 46.7 Å². The van der Waals surface area contributed by atoms with Crippen LogP contribution < -0.4 is 10.6 Å². The Balaban J connectivity index is 1.53. The lowest BCUT2D eigenvalue weighted by molar-refractivity contribution is -0.123. The van der Waals surface area contributed by atoms with Crippen molar-refractivity contribution in [1.82, 2.24) is 14.8 Å². The number of carbonyl (C=O) groups excluding carboxylic acids is 2. The normalized spacial score (nSPS) is 15.2. The maximum absolute atomic E-state index is 12.5. The van der Waals surface area contributed by atoms with Gasteiger partial charge in [-0.2, -0.15) is 4.98 Å². The van der Waals surface area contributed by atoms with Crippen LogP contribution in [-0.4, -0.2) is 26.6 Å². The number of nitrogens with one attached hydrogen (secondary N) is 2. The second-order valence-electron chi connectivity index (χ2n) is 6.43. The molecule has 1 aromatic heterocycles. The van der Waals surface area contributed by atoms with Gasteiger partial charge in [0, 0.05) is 21.3 Å². The van der Waals surface area contributed by atoms with Crippen molar-refractivity contribution in [2.75, 3.05) is 10.6 Å². The van der Waals surface area contributed by atoms with Crippen molar-refractivity contribution in [3.05, 3.63) is 58.1 Å². The van der Waals surface area contributed by atoms with Gasteiger partial charge in [0.2, 0.25) is 11.9 Å². The number of carbonyl (C=O) groups is 2. The summed E-state index contributed by atoms with van der Waals surface area (Å²) in [7, 11) is 0. The summed E-state index contributed by atoms with van der Waals surface area (Å²) in [5.74, 6) is 0.118. The average Bonchev–Trinajstić information content (AvgIpc) is 3.18. The van der Waals surface area contributed by atoms with Crippen molar-refractivity contribution in [3.63, 3.8) is 0 Å². The summed E-state index contributed by atoms with van der Waals surface area (Å²) in [5, 5.41) is 11.0. The standard InChI is InChI=1S/C19H15Cl2N5O2/c1-10-2-5-13(21)8-14(10)22-16(27)9-15-18(28)24-19-23-17(25-26(15)19)11-3-6-12(20)7-4-11/h2-8,15H,9H2,1H3,(H,22,27)(H,23,24,25,28). The van der Waals surface area contributed by atoms with Crippen molar-refractivity contribution in [3.8, 4) is 11.4 Å². The Bertz CT molecular complexity index is 1080. The van der Waals surface area contributed by atoms with Crippen LogP contribution in [0.1, 0.15) is 18.0 Å². The van der Waals surface area contributed by atoms with E-state index in [2.05, 4.69) is 20.7 Å². The summed E-state index contributed by atoms with van der Waals surface area (Å²) in [4.78, 5) is 29.1. The Morgan fingerprint density at radius 2 is 1.89 bits per heavy atom. The first kappa shape index (κ1) is 18.5. The quantitative estimate of drug-likeness (QED) is 0.671. The summed E-state index contributed by atoms with van der Waals surface area (Å²) in [6.07, 6.45) is -0.0752. The van der Waals surface area contributed by atoms with E-state index in [0.29, 0.717) is 27.5 Å². The molecule has 7 nitrogen and oxygen atoms in total. The molecule has 1 atom stereocenters. The maximum atomic E-state index is 12.5. The fourth-order valence-corrected chi connectivity index (χ4v) is 3.23. The first-order chi connectivity index (χ1) is 13.4. The summed E-state index contributed by atoms with van der Waals surface area (Å²) < 4.78 is 1.44. The van der Waals surface area contributed by atoms with E-state index in [-0.39, 0.29) is 18.2 Å². The van der Waals surface area contributed by atoms with Crippen LogP contribution in [0.4, 0.5) is 11.6 Å². The molecule has 0 saturated carbocycles. The third-order valence-electron chi connectivity index (χ3n) is 4.42. The lowest BCUT2D eigenvalue weighted by atomic mass is 10.1. The third-order valence-corrected chi connectivity index (χ3v) is 4.91. The Morgan fingerprint density at radius 1 is 1.18 bits per heavy atom. The molecular weight excluding hydrogens is 401 g/mol. The molecule has 0 aliphatic carbocycles. The summed E-state index contributed by atoms with van der Waals surface area (Å²) >= 11 is 11.9. The molecule has 2 aromatic carbocycles. The zero-order chi connectivity index (χ0) is 19.8. The van der Waals surface area contributed by atoms with Crippen LogP contribution in [-0.2, 0) is 9.59 Å². The predicted octanol–water partition coefficient (Wildman–Crippen LogP) is 4.08. The van der Waals surface area contributed by atoms with Crippen LogP contribution in [0.2, 0.25) is 10.0 Å². The highest BCUT2D eigenvalue weighted by atomic mass is 35.5. The molecule has 0 saturated heterocycles. The van der Waals surface area contributed by atoms with E-state index in [0.717, 1.165) is 11.1 Å². The van der Waals surface area contributed by atoms with Gasteiger partial charge in [-0.05, 0) is 48.9 Å². The van der Waals surface area contributed by atoms with Gasteiger partial charge in [0.1, 0.15) is 6.04 Å². The Morgan fingerprint density at radius 3 is 2.64 bits per heavy atom. The molecule has 0 radical (unpaired) electrons. The molecule has 1 aliphatic heterocycles. The van der Waals surface area contributed by atoms with Crippen LogP contribution >= 0.6 is 23.2 Å². The zero-order valence-electron chi connectivity index (χ0n) is 14.7. The van der Waals surface area contributed by atoms with E-state index in [1.807, 2.05) is 13.0 Å². The molecule has 2 N–H and O–H groups in total. The van der Waals surface area contributed by atoms with Gasteiger partial charge in [0.15, 0.2) is 5.82 Å². The first-order valence-electron chi connectivity index (χ1n) is 8.50. The van der Waals surface area contributed by atoms with Gasteiger partial charge in [-0.1, -0.05) is 29.3 Å². The highest BCUT2D eigenvalue weighted by molar-refractivity contribution is 6.31. The topological polar surface area (TPSA) is 88.9 Å². The van der Waals surface area contributed by atoms with Gasteiger partial charge < -0.3 is 5.32 Å². The number of hydrogen-bond acceptors (Lipinski definition) is 4. The number of benzene rings is 2. The highest BCUT2D eigenvalue weighted by Crippen LogP contribution is 2.29. The molecular formula is C19H15Cl2N5O2. The molecule has 142 valence electrons. The Kier molecular flexibility index (Phi) is 4.78. The molecule has 0 spiro atoms. The minimum Gasteiger partial charge on any atom is -0.326 e. The molecule has 0 fully saturated rings. The van der Waals surface area contributed by atoms with Crippen molar-refractivity contribution < 1.29 is 9.59 Å². The summed E-state index contributed by atoms with van der Waals surface area (Å²) in [6, 6.07) is 11.5. The maximum Gasteiger partial charge on any atom is 0.252 e. The largest absolute Gasteiger partial charge is 0.326 e. The molecule has 4 rings (SSSR count). The van der Waals surface area contributed by atoms with Crippen molar-refractivity contribution in [2.45, 2.75) is 19.4 Å². The number of rotatable bonds is 4. The first-order valence-corrected chi connectivity index (χ1v) is 9.25. The molecule has 1 unspecified atom stereocenters. The van der Waals surface area contributed by atoms with Gasteiger partial charge in [-0.3, -0.25) is 14.9 Å². The fraction of sp³-hybridized carbons (Fsp3) is 0.158. The summed E-state index contributed by atoms with van der Waals surface area (Å²) in [6.45, 7) is 1.86. The molecule has 3 aromatic rings. The smallest absolute Gasteiger partial charge is 0.252 e. The zero-order valence-corrected chi connectivity index (χ0v) is 16.3. The molecule has 9 heteroatoms. The Labute approximate surface area is 170 Å². The third kappa shape index (κ3) is 3.58. The molecule has 0 bridgehead atoms. The average molecular weight is 416 g/mol. The van der Waals surface area contributed by atoms with E-state index >= 15 is 0 Å². The second-order valence-corrected chi connectivity index (χ2v) is 7.30. The van der Waals surface area contributed by atoms with Crippen LogP contribution in [0.3, 0.4) is 0 Å². The van der Waals surface area contributed by atoms with Gasteiger partial charge in [0.25, 0.3) is 5.91 Å². The van der Waals surface area contributed by atoms with Crippen LogP contribution in [0, 0.1) is 6.92 Å². The molecule has 2 amide bonds. The van der Waals surface area contributed by atoms with E-state index in [1.165, 1.54) is 4.68 Å². The monoisotopic (exact) mass is 415 g/mol. The van der Waals surface area contributed by atoms with E-state index < -0.39 is 6.04 Å². The number of anilines is 2. The highest BCUT2D eigenvalue weighted by Gasteiger charge is 2.35. The lowest BCUT2D eigenvalue weighted by Gasteiger charge is -2.11. The van der Waals surface area contributed by atoms with Crippen LogP contribution in [0.15, 0.2) is 42.5 Å². The predicted molar refractivity (Wildman–Crippen MR) is 108 cm³/mol. The number of halogens is 2. The van der Waals surface area contributed by atoms with E-state index in [1.54, 1.807) is 36.4 Å². The summed E-state index contributed by atoms with van der Waals surface area (Å²) in [5.41, 5.74) is 2.25. The number of aryl methyl sites for hydroxylation is 1. The second kappa shape index (κ2) is 7.26. The minimum atomic E-state index is -0.775. The van der Waals surface area contributed by atoms with Crippen LogP contribution in [0.25, 0.3) is 11.4 Å². The number of fused-ring (bicyclic) bond motifs is 1. The van der Waals surface area contributed by atoms with Gasteiger partial charge in [0.05, 0.1) is 6.42 Å². The van der Waals surface area contributed by atoms with Gasteiger partial charge >= 0.3 is 0 Å². The lowest BCUT2D eigenvalue weighted by Crippen LogP contribution is -2.24. The Hall–Kier alpha value is -2.90. The van der Waals surface area contributed by atoms with Crippen molar-refractivity contribution in [2.24, 2.45) is 0 Å². The van der Waals surface area contributed by atoms with Gasteiger partial charge in [-0.15, -0.1) is 5.10 Å². The molecule has 2 heterocycles. The number of aromatic nitrogens is 3. The number of nitrogens with zero attached hydrogens (tertiary/aromatic N) is 3. The SMILES string of the molecule is Cc1ccc(Cl)cc1NC(=O)CC1C(=O)Nc2nc(-c3ccc(Cl)cc3)nn21. The number of hydrogen-bond donors (Lipinski definition) is 2. The molecule has 1 aliphatic rings. The number of amides is 2. The van der Waals surface area contributed by atoms with E-state index in [4.69, 9.17) is 23.2 Å². The minimum absolute atomic E-state index is 0.0752. The van der Waals surface area contributed by atoms with Crippen molar-refractivity contribution in [1.29, 1.82) is 0 Å². The van der Waals surface area contributed by atoms with Crippen LogP contribution in [0.5, 0.6) is 0 Å². The van der Waals surface area contributed by atoms with Gasteiger partial charge in [-0.25, -0.2) is 4.68 Å². The van der Waals surface area contributed by atoms with E-state index in [9.17, 15) is 9.59 Å². The molecule has 28 heavy (non-hydrogen) atoms. The fourth-order valence-electron chi connectivity index (χ4n) is 2.94.